The van der Waals surface area contributed by atoms with Gasteiger partial charge in [0.1, 0.15) is 0 Å². The number of carbonyl (C=O) groups excluding carboxylic acids is 1. The Labute approximate surface area is 95.0 Å². The normalized spacial score (nSPS) is 18.2. The summed E-state index contributed by atoms with van der Waals surface area (Å²) < 4.78 is 4.95. The molecule has 1 aromatic rings. The van der Waals surface area contributed by atoms with E-state index in [0.717, 1.165) is 12.8 Å². The molecule has 0 amide bonds. The summed E-state index contributed by atoms with van der Waals surface area (Å²) in [5.74, 6) is 0.0465. The van der Waals surface area contributed by atoms with Gasteiger partial charge in [0.2, 0.25) is 0 Å². The van der Waals surface area contributed by atoms with Crippen molar-refractivity contribution >= 4 is 5.97 Å². The Morgan fingerprint density at radius 1 is 1.44 bits per heavy atom. The van der Waals surface area contributed by atoms with Crippen LogP contribution < -0.4 is 0 Å². The lowest BCUT2D eigenvalue weighted by Crippen LogP contribution is -2.05. The molecule has 0 saturated carbocycles. The molecule has 0 fully saturated rings. The highest BCUT2D eigenvalue weighted by Gasteiger charge is 2.21. The number of hydrogen-bond acceptors (Lipinski definition) is 3. The van der Waals surface area contributed by atoms with Crippen LogP contribution in [0.4, 0.5) is 0 Å². The summed E-state index contributed by atoms with van der Waals surface area (Å²) in [5, 5.41) is 9.11. The zero-order valence-electron chi connectivity index (χ0n) is 9.40. The van der Waals surface area contributed by atoms with Crippen molar-refractivity contribution < 1.29 is 14.6 Å². The molecule has 0 bridgehead atoms. The van der Waals surface area contributed by atoms with Gasteiger partial charge in [0.05, 0.1) is 12.2 Å². The van der Waals surface area contributed by atoms with Crippen molar-refractivity contribution in [3.8, 4) is 0 Å². The van der Waals surface area contributed by atoms with Gasteiger partial charge in [-0.25, -0.2) is 4.79 Å². The first-order chi connectivity index (χ1) is 7.74. The van der Waals surface area contributed by atoms with Crippen LogP contribution in [-0.2, 0) is 17.6 Å². The Hall–Kier alpha value is -1.35. The Kier molecular flexibility index (Phi) is 3.25. The summed E-state index contributed by atoms with van der Waals surface area (Å²) in [6.45, 7) is 2.41. The number of ether oxygens (including phenoxy) is 1. The summed E-state index contributed by atoms with van der Waals surface area (Å²) in [6.07, 6.45) is 1.77. The third kappa shape index (κ3) is 2.09. The van der Waals surface area contributed by atoms with E-state index in [1.165, 1.54) is 11.1 Å². The van der Waals surface area contributed by atoms with Crippen LogP contribution in [0, 0.1) is 5.92 Å². The fourth-order valence-electron chi connectivity index (χ4n) is 2.18. The van der Waals surface area contributed by atoms with Crippen LogP contribution in [0.15, 0.2) is 18.2 Å². The van der Waals surface area contributed by atoms with E-state index in [1.54, 1.807) is 13.0 Å². The van der Waals surface area contributed by atoms with Crippen LogP contribution in [0.3, 0.4) is 0 Å². The number of aliphatic hydroxyl groups is 1. The van der Waals surface area contributed by atoms with Crippen molar-refractivity contribution in [3.63, 3.8) is 0 Å². The van der Waals surface area contributed by atoms with E-state index < -0.39 is 0 Å². The first-order valence-corrected chi connectivity index (χ1v) is 5.64. The molecule has 1 atom stereocenters. The summed E-state index contributed by atoms with van der Waals surface area (Å²) in [7, 11) is 0. The van der Waals surface area contributed by atoms with E-state index in [4.69, 9.17) is 9.84 Å². The van der Waals surface area contributed by atoms with Gasteiger partial charge in [-0.05, 0) is 48.9 Å². The van der Waals surface area contributed by atoms with Gasteiger partial charge in [-0.2, -0.15) is 0 Å². The number of benzene rings is 1. The average molecular weight is 220 g/mol. The molecular weight excluding hydrogens is 204 g/mol. The van der Waals surface area contributed by atoms with Gasteiger partial charge in [-0.1, -0.05) is 6.07 Å². The van der Waals surface area contributed by atoms with Crippen molar-refractivity contribution in [2.24, 2.45) is 5.92 Å². The maximum Gasteiger partial charge on any atom is 0.338 e. The molecule has 0 radical (unpaired) electrons. The average Bonchev–Trinajstić information content (AvgIpc) is 2.70. The topological polar surface area (TPSA) is 46.5 Å². The van der Waals surface area contributed by atoms with Gasteiger partial charge in [0.15, 0.2) is 0 Å². The molecule has 86 valence electrons. The maximum absolute atomic E-state index is 11.5. The molecule has 1 aliphatic rings. The van der Waals surface area contributed by atoms with Crippen molar-refractivity contribution in [2.45, 2.75) is 19.8 Å². The standard InChI is InChI=1S/C13H16O3/c1-2-16-13(15)11-4-3-10-5-9(8-14)6-12(10)7-11/h3-4,7,9,14H,2,5-6,8H2,1H3/t9-/m1/s1. The Bertz CT molecular complexity index is 398. The van der Waals surface area contributed by atoms with Gasteiger partial charge in [-0.3, -0.25) is 0 Å². The lowest BCUT2D eigenvalue weighted by Gasteiger charge is -2.04. The minimum atomic E-state index is -0.266. The van der Waals surface area contributed by atoms with Crippen molar-refractivity contribution in [1.82, 2.24) is 0 Å². The van der Waals surface area contributed by atoms with E-state index >= 15 is 0 Å². The molecule has 1 N–H and O–H groups in total. The third-order valence-corrected chi connectivity index (χ3v) is 2.99. The first-order valence-electron chi connectivity index (χ1n) is 5.64. The largest absolute Gasteiger partial charge is 0.462 e. The summed E-state index contributed by atoms with van der Waals surface area (Å²) >= 11 is 0. The summed E-state index contributed by atoms with van der Waals surface area (Å²) in [5.41, 5.74) is 3.02. The van der Waals surface area contributed by atoms with E-state index in [1.807, 2.05) is 12.1 Å². The second kappa shape index (κ2) is 4.66. The van der Waals surface area contributed by atoms with Crippen LogP contribution in [0.25, 0.3) is 0 Å². The van der Waals surface area contributed by atoms with Crippen molar-refractivity contribution in [1.29, 1.82) is 0 Å². The fraction of sp³-hybridized carbons (Fsp3) is 0.462. The minimum absolute atomic E-state index is 0.212. The van der Waals surface area contributed by atoms with Gasteiger partial charge < -0.3 is 9.84 Å². The van der Waals surface area contributed by atoms with E-state index in [0.29, 0.717) is 18.1 Å². The minimum Gasteiger partial charge on any atom is -0.462 e. The van der Waals surface area contributed by atoms with Gasteiger partial charge in [0.25, 0.3) is 0 Å². The van der Waals surface area contributed by atoms with E-state index in [2.05, 4.69) is 0 Å². The molecule has 1 aliphatic carbocycles. The number of hydrogen-bond donors (Lipinski definition) is 1. The van der Waals surface area contributed by atoms with Gasteiger partial charge in [-0.15, -0.1) is 0 Å². The Morgan fingerprint density at radius 3 is 2.88 bits per heavy atom. The first kappa shape index (κ1) is 11.1. The number of esters is 1. The molecular formula is C13H16O3. The second-order valence-electron chi connectivity index (χ2n) is 4.16. The molecule has 1 aromatic carbocycles. The predicted octanol–water partition coefficient (Wildman–Crippen LogP) is 1.57. The fourth-order valence-corrected chi connectivity index (χ4v) is 2.18. The van der Waals surface area contributed by atoms with Crippen LogP contribution >= 0.6 is 0 Å². The molecule has 0 aromatic heterocycles. The Morgan fingerprint density at radius 2 is 2.19 bits per heavy atom. The second-order valence-corrected chi connectivity index (χ2v) is 4.16. The van der Waals surface area contributed by atoms with Crippen LogP contribution in [0.2, 0.25) is 0 Å². The summed E-state index contributed by atoms with van der Waals surface area (Å²) in [4.78, 5) is 11.5. The zero-order chi connectivity index (χ0) is 11.5. The number of fused-ring (bicyclic) bond motifs is 1. The summed E-state index contributed by atoms with van der Waals surface area (Å²) in [6, 6.07) is 5.66. The molecule has 3 heteroatoms. The SMILES string of the molecule is CCOC(=O)c1ccc2c(c1)C[C@H](CO)C2. The van der Waals surface area contributed by atoms with Crippen LogP contribution in [0.5, 0.6) is 0 Å². The van der Waals surface area contributed by atoms with E-state index in [9.17, 15) is 4.79 Å². The molecule has 0 saturated heterocycles. The lowest BCUT2D eigenvalue weighted by molar-refractivity contribution is 0.0526. The molecule has 3 nitrogen and oxygen atoms in total. The van der Waals surface area contributed by atoms with Gasteiger partial charge in [0, 0.05) is 6.61 Å². The number of aliphatic hydroxyl groups excluding tert-OH is 1. The molecule has 0 heterocycles. The molecule has 0 spiro atoms. The Balaban J connectivity index is 2.19. The highest BCUT2D eigenvalue weighted by atomic mass is 16.5. The highest BCUT2D eigenvalue weighted by Crippen LogP contribution is 2.27. The maximum atomic E-state index is 11.5. The number of rotatable bonds is 3. The quantitative estimate of drug-likeness (QED) is 0.786. The predicted molar refractivity (Wildman–Crippen MR) is 60.4 cm³/mol. The van der Waals surface area contributed by atoms with Crippen molar-refractivity contribution in [2.75, 3.05) is 13.2 Å². The van der Waals surface area contributed by atoms with Crippen LogP contribution in [-0.4, -0.2) is 24.3 Å². The monoisotopic (exact) mass is 220 g/mol. The van der Waals surface area contributed by atoms with Gasteiger partial charge >= 0.3 is 5.97 Å². The van der Waals surface area contributed by atoms with Crippen LogP contribution in [0.1, 0.15) is 28.4 Å². The molecule has 2 rings (SSSR count). The highest BCUT2D eigenvalue weighted by molar-refractivity contribution is 5.89. The number of carbonyl (C=O) groups is 1. The third-order valence-electron chi connectivity index (χ3n) is 2.99. The smallest absolute Gasteiger partial charge is 0.338 e. The van der Waals surface area contributed by atoms with E-state index in [-0.39, 0.29) is 12.6 Å². The molecule has 0 aliphatic heterocycles. The zero-order valence-corrected chi connectivity index (χ0v) is 9.40. The van der Waals surface area contributed by atoms with Crippen molar-refractivity contribution in [3.05, 3.63) is 34.9 Å². The molecule has 16 heavy (non-hydrogen) atoms. The lowest BCUT2D eigenvalue weighted by atomic mass is 10.1. The molecule has 0 unspecified atom stereocenters.